The van der Waals surface area contributed by atoms with Crippen LogP contribution >= 0.6 is 0 Å². The van der Waals surface area contributed by atoms with Crippen molar-refractivity contribution >= 4 is 10.0 Å². The van der Waals surface area contributed by atoms with E-state index in [0.717, 1.165) is 30.6 Å². The van der Waals surface area contributed by atoms with Crippen molar-refractivity contribution in [3.63, 3.8) is 0 Å². The Balaban J connectivity index is 1.80. The largest absolute Gasteiger partial charge is 0.379 e. The second kappa shape index (κ2) is 8.97. The highest BCUT2D eigenvalue weighted by molar-refractivity contribution is 7.89. The highest BCUT2D eigenvalue weighted by atomic mass is 32.2. The maximum absolute atomic E-state index is 12.7. The lowest BCUT2D eigenvalue weighted by Crippen LogP contribution is -2.43. The van der Waals surface area contributed by atoms with Crippen molar-refractivity contribution in [2.75, 3.05) is 32.8 Å². The first-order chi connectivity index (χ1) is 13.0. The Morgan fingerprint density at radius 2 is 1.81 bits per heavy atom. The van der Waals surface area contributed by atoms with Crippen LogP contribution in [0.25, 0.3) is 0 Å². The molecular weight excluding hydrogens is 360 g/mol. The Hall–Kier alpha value is -1.73. The first-order valence-electron chi connectivity index (χ1n) is 9.46. The lowest BCUT2D eigenvalue weighted by Gasteiger charge is -2.35. The van der Waals surface area contributed by atoms with Gasteiger partial charge in [0.15, 0.2) is 0 Å². The first kappa shape index (κ1) is 20.0. The van der Waals surface area contributed by atoms with Gasteiger partial charge < -0.3 is 4.74 Å². The standard InChI is InChI=1S/C21H28N2O3S/c1-3-18-7-9-19(10-8-18)21(23-11-13-26-14-12-23)16-22-27(24,25)20-6-4-5-17(2)15-20/h4-10,15,21-22H,3,11-14,16H2,1-2H3. The molecule has 1 atom stereocenters. The molecule has 146 valence electrons. The SMILES string of the molecule is CCc1ccc(C(CNS(=O)(=O)c2cccc(C)c2)N2CCOCC2)cc1. The zero-order valence-electron chi connectivity index (χ0n) is 16.0. The Kier molecular flexibility index (Phi) is 6.65. The van der Waals surface area contributed by atoms with E-state index in [4.69, 9.17) is 4.74 Å². The minimum absolute atomic E-state index is 0.0145. The van der Waals surface area contributed by atoms with Crippen LogP contribution < -0.4 is 4.72 Å². The summed E-state index contributed by atoms with van der Waals surface area (Å²) in [4.78, 5) is 2.60. The molecule has 3 rings (SSSR count). The van der Waals surface area contributed by atoms with E-state index in [1.54, 1.807) is 18.2 Å². The van der Waals surface area contributed by atoms with E-state index in [9.17, 15) is 8.42 Å². The van der Waals surface area contributed by atoms with Gasteiger partial charge in [0.05, 0.1) is 18.1 Å². The van der Waals surface area contributed by atoms with Crippen molar-refractivity contribution in [1.82, 2.24) is 9.62 Å². The molecule has 0 saturated carbocycles. The fraction of sp³-hybridized carbons (Fsp3) is 0.429. The van der Waals surface area contributed by atoms with E-state index in [1.165, 1.54) is 5.56 Å². The second-order valence-electron chi connectivity index (χ2n) is 6.93. The van der Waals surface area contributed by atoms with E-state index in [0.29, 0.717) is 24.7 Å². The third-order valence-corrected chi connectivity index (χ3v) is 6.45. The maximum atomic E-state index is 12.7. The average Bonchev–Trinajstić information content (AvgIpc) is 2.69. The summed E-state index contributed by atoms with van der Waals surface area (Å²) in [7, 11) is -3.55. The summed E-state index contributed by atoms with van der Waals surface area (Å²) >= 11 is 0. The number of nitrogens with one attached hydrogen (secondary N) is 1. The van der Waals surface area contributed by atoms with Gasteiger partial charge in [0, 0.05) is 25.7 Å². The summed E-state index contributed by atoms with van der Waals surface area (Å²) in [6, 6.07) is 15.4. The van der Waals surface area contributed by atoms with Crippen LogP contribution in [-0.4, -0.2) is 46.2 Å². The van der Waals surface area contributed by atoms with Gasteiger partial charge in [-0.15, -0.1) is 0 Å². The summed E-state index contributed by atoms with van der Waals surface area (Å²) in [5.41, 5.74) is 3.33. The highest BCUT2D eigenvalue weighted by Gasteiger charge is 2.25. The topological polar surface area (TPSA) is 58.6 Å². The number of aryl methyl sites for hydroxylation is 2. The highest BCUT2D eigenvalue weighted by Crippen LogP contribution is 2.23. The molecule has 2 aromatic carbocycles. The van der Waals surface area contributed by atoms with Crippen molar-refractivity contribution in [2.24, 2.45) is 0 Å². The van der Waals surface area contributed by atoms with Gasteiger partial charge in [-0.1, -0.05) is 43.3 Å². The van der Waals surface area contributed by atoms with Crippen molar-refractivity contribution in [1.29, 1.82) is 0 Å². The fourth-order valence-corrected chi connectivity index (χ4v) is 4.52. The average molecular weight is 389 g/mol. The van der Waals surface area contributed by atoms with E-state index in [2.05, 4.69) is 40.8 Å². The Labute approximate surface area is 162 Å². The van der Waals surface area contributed by atoms with E-state index in [1.807, 2.05) is 13.0 Å². The number of hydrogen-bond donors (Lipinski definition) is 1. The van der Waals surface area contributed by atoms with Gasteiger partial charge in [-0.2, -0.15) is 0 Å². The molecule has 1 fully saturated rings. The number of hydrogen-bond acceptors (Lipinski definition) is 4. The quantitative estimate of drug-likeness (QED) is 0.792. The summed E-state index contributed by atoms with van der Waals surface area (Å²) in [5.74, 6) is 0. The van der Waals surface area contributed by atoms with Gasteiger partial charge in [0.1, 0.15) is 0 Å². The molecule has 2 aromatic rings. The minimum atomic E-state index is -3.55. The molecule has 1 aliphatic rings. The molecule has 1 N–H and O–H groups in total. The summed E-state index contributed by atoms with van der Waals surface area (Å²) < 4.78 is 33.8. The molecule has 0 amide bonds. The van der Waals surface area contributed by atoms with Crippen LogP contribution in [0, 0.1) is 6.92 Å². The number of benzene rings is 2. The van der Waals surface area contributed by atoms with Crippen LogP contribution in [0.5, 0.6) is 0 Å². The lowest BCUT2D eigenvalue weighted by molar-refractivity contribution is 0.0172. The molecule has 0 radical (unpaired) electrons. The molecule has 6 heteroatoms. The van der Waals surface area contributed by atoms with E-state index in [-0.39, 0.29) is 6.04 Å². The molecule has 0 bridgehead atoms. The van der Waals surface area contributed by atoms with Gasteiger partial charge in [0.2, 0.25) is 10.0 Å². The van der Waals surface area contributed by atoms with Crippen LogP contribution in [0.2, 0.25) is 0 Å². The van der Waals surface area contributed by atoms with Crippen molar-refractivity contribution in [2.45, 2.75) is 31.2 Å². The molecule has 27 heavy (non-hydrogen) atoms. The van der Waals surface area contributed by atoms with Gasteiger partial charge in [-0.3, -0.25) is 4.90 Å². The monoisotopic (exact) mass is 388 g/mol. The molecule has 1 unspecified atom stereocenters. The zero-order chi connectivity index (χ0) is 19.3. The van der Waals surface area contributed by atoms with Gasteiger partial charge in [-0.05, 0) is 42.2 Å². The van der Waals surface area contributed by atoms with Crippen LogP contribution in [0.4, 0.5) is 0 Å². The Bertz CT molecular complexity index is 844. The normalized spacial score (nSPS) is 17.0. The number of morpholine rings is 1. The molecule has 1 saturated heterocycles. The zero-order valence-corrected chi connectivity index (χ0v) is 16.8. The Morgan fingerprint density at radius 1 is 1.11 bits per heavy atom. The van der Waals surface area contributed by atoms with E-state index < -0.39 is 10.0 Å². The minimum Gasteiger partial charge on any atom is -0.379 e. The second-order valence-corrected chi connectivity index (χ2v) is 8.69. The van der Waals surface area contributed by atoms with Crippen molar-refractivity contribution in [3.8, 4) is 0 Å². The Morgan fingerprint density at radius 3 is 2.44 bits per heavy atom. The third-order valence-electron chi connectivity index (χ3n) is 5.03. The molecule has 0 aliphatic carbocycles. The third kappa shape index (κ3) is 5.17. The molecule has 1 heterocycles. The van der Waals surface area contributed by atoms with Crippen LogP contribution in [-0.2, 0) is 21.2 Å². The predicted molar refractivity (Wildman–Crippen MR) is 107 cm³/mol. The van der Waals surface area contributed by atoms with Crippen molar-refractivity contribution in [3.05, 3.63) is 65.2 Å². The van der Waals surface area contributed by atoms with Gasteiger partial charge in [0.25, 0.3) is 0 Å². The summed E-state index contributed by atoms with van der Waals surface area (Å²) in [6.45, 7) is 7.30. The molecule has 1 aliphatic heterocycles. The summed E-state index contributed by atoms with van der Waals surface area (Å²) in [5, 5.41) is 0. The maximum Gasteiger partial charge on any atom is 0.240 e. The molecular formula is C21H28N2O3S. The molecule has 0 spiro atoms. The predicted octanol–water partition coefficient (Wildman–Crippen LogP) is 2.91. The molecule has 5 nitrogen and oxygen atoms in total. The van der Waals surface area contributed by atoms with Gasteiger partial charge >= 0.3 is 0 Å². The van der Waals surface area contributed by atoms with Gasteiger partial charge in [-0.25, -0.2) is 13.1 Å². The number of nitrogens with zero attached hydrogens (tertiary/aromatic N) is 1. The number of rotatable bonds is 7. The lowest BCUT2D eigenvalue weighted by atomic mass is 10.0. The number of ether oxygens (including phenoxy) is 1. The smallest absolute Gasteiger partial charge is 0.240 e. The fourth-order valence-electron chi connectivity index (χ4n) is 3.38. The van der Waals surface area contributed by atoms with Crippen molar-refractivity contribution < 1.29 is 13.2 Å². The first-order valence-corrected chi connectivity index (χ1v) is 10.9. The molecule has 0 aromatic heterocycles. The van der Waals surface area contributed by atoms with E-state index >= 15 is 0 Å². The van der Waals surface area contributed by atoms with Crippen LogP contribution in [0.3, 0.4) is 0 Å². The summed E-state index contributed by atoms with van der Waals surface area (Å²) in [6.07, 6.45) is 0.989. The van der Waals surface area contributed by atoms with Crippen LogP contribution in [0.1, 0.15) is 29.7 Å². The number of sulfonamides is 1. The van der Waals surface area contributed by atoms with Crippen LogP contribution in [0.15, 0.2) is 53.4 Å².